The Balaban J connectivity index is 2.26. The molecule has 6 heteroatoms. The van der Waals surface area contributed by atoms with Gasteiger partial charge in [0.1, 0.15) is 4.32 Å². The van der Waals surface area contributed by atoms with Gasteiger partial charge in [0.15, 0.2) is 0 Å². The number of carbonyl (C=O) groups excluding carboxylic acids is 1. The number of thioether (sulfide) groups is 2. The van der Waals surface area contributed by atoms with Crippen LogP contribution in [0.2, 0.25) is 0 Å². The Hall–Kier alpha value is -0.460. The summed E-state index contributed by atoms with van der Waals surface area (Å²) in [5.74, 6) is 1.18. The molecule has 3 nitrogen and oxygen atoms in total. The van der Waals surface area contributed by atoms with Gasteiger partial charge in [-0.25, -0.2) is 0 Å². The first-order chi connectivity index (χ1) is 9.08. The molecule has 0 saturated carbocycles. The normalized spacial score (nSPS) is 24.9. The van der Waals surface area contributed by atoms with E-state index in [9.17, 15) is 4.79 Å². The maximum absolute atomic E-state index is 12.2. The van der Waals surface area contributed by atoms with E-state index < -0.39 is 0 Å². The van der Waals surface area contributed by atoms with Gasteiger partial charge in [0.05, 0.1) is 9.93 Å². The molecule has 0 radical (unpaired) electrons. The summed E-state index contributed by atoms with van der Waals surface area (Å²) in [6, 6.07) is 0. The van der Waals surface area contributed by atoms with Gasteiger partial charge in [-0.15, -0.1) is 11.8 Å². The number of amides is 1. The molecule has 2 aliphatic rings. The fraction of sp³-hybridized carbons (Fsp3) is 0.538. The average Bonchev–Trinajstić information content (AvgIpc) is 2.94. The fourth-order valence-corrected chi connectivity index (χ4v) is 4.63. The summed E-state index contributed by atoms with van der Waals surface area (Å²) < 4.78 is 0.673. The summed E-state index contributed by atoms with van der Waals surface area (Å²) in [6.07, 6.45) is 2.13. The van der Waals surface area contributed by atoms with Crippen LogP contribution in [0.5, 0.6) is 0 Å². The lowest BCUT2D eigenvalue weighted by molar-refractivity contribution is -0.122. The zero-order chi connectivity index (χ0) is 14.0. The first kappa shape index (κ1) is 14.9. The summed E-state index contributed by atoms with van der Waals surface area (Å²) in [5.41, 5.74) is 1.02. The summed E-state index contributed by atoms with van der Waals surface area (Å²) in [7, 11) is 0. The van der Waals surface area contributed by atoms with Crippen LogP contribution in [-0.2, 0) is 4.79 Å². The molecule has 2 fully saturated rings. The van der Waals surface area contributed by atoms with E-state index in [1.807, 2.05) is 25.6 Å². The fourth-order valence-electron chi connectivity index (χ4n) is 2.07. The molecule has 0 N–H and O–H groups in total. The van der Waals surface area contributed by atoms with Crippen molar-refractivity contribution < 1.29 is 4.79 Å². The molecule has 0 aromatic carbocycles. The minimum atomic E-state index is 0.0536. The maximum Gasteiger partial charge on any atom is 0.266 e. The van der Waals surface area contributed by atoms with Crippen LogP contribution in [0.25, 0.3) is 0 Å². The lowest BCUT2D eigenvalue weighted by Gasteiger charge is -2.16. The number of hydrogen-bond donors (Lipinski definition) is 0. The minimum Gasteiger partial charge on any atom is -0.366 e. The highest BCUT2D eigenvalue weighted by molar-refractivity contribution is 8.26. The first-order valence-corrected chi connectivity index (χ1v) is 8.63. The van der Waals surface area contributed by atoms with E-state index in [2.05, 4.69) is 17.9 Å². The molecule has 0 unspecified atom stereocenters. The second-order valence-electron chi connectivity index (χ2n) is 4.34. The maximum atomic E-state index is 12.2. The molecule has 19 heavy (non-hydrogen) atoms. The Morgan fingerprint density at radius 3 is 2.74 bits per heavy atom. The second-order valence-corrected chi connectivity index (χ2v) is 7.10. The smallest absolute Gasteiger partial charge is 0.266 e. The van der Waals surface area contributed by atoms with Crippen LogP contribution in [0.4, 0.5) is 0 Å². The molecule has 0 aromatic rings. The molecular formula is C13H18N2OS3. The van der Waals surface area contributed by atoms with Crippen molar-refractivity contribution in [2.75, 3.05) is 25.4 Å². The molecule has 0 aromatic heterocycles. The molecule has 1 amide bonds. The molecule has 0 bridgehead atoms. The Morgan fingerprint density at radius 2 is 2.16 bits per heavy atom. The van der Waals surface area contributed by atoms with E-state index in [4.69, 9.17) is 12.2 Å². The van der Waals surface area contributed by atoms with Crippen LogP contribution < -0.4 is 0 Å². The van der Waals surface area contributed by atoms with Gasteiger partial charge in [-0.1, -0.05) is 24.0 Å². The lowest BCUT2D eigenvalue weighted by atomic mass is 10.2. The number of carbonyl (C=O) groups is 1. The highest BCUT2D eigenvalue weighted by Gasteiger charge is 2.32. The van der Waals surface area contributed by atoms with Crippen molar-refractivity contribution in [1.82, 2.24) is 9.80 Å². The largest absolute Gasteiger partial charge is 0.366 e. The predicted octanol–water partition coefficient (Wildman–Crippen LogP) is 3.05. The third-order valence-corrected chi connectivity index (χ3v) is 5.79. The van der Waals surface area contributed by atoms with Gasteiger partial charge in [0.2, 0.25) is 0 Å². The molecule has 0 spiro atoms. The predicted molar refractivity (Wildman–Crippen MR) is 88.1 cm³/mol. The van der Waals surface area contributed by atoms with Gasteiger partial charge in [0, 0.05) is 25.4 Å². The second kappa shape index (κ2) is 6.33. The van der Waals surface area contributed by atoms with E-state index in [0.29, 0.717) is 10.9 Å². The third kappa shape index (κ3) is 3.01. The molecular weight excluding hydrogens is 296 g/mol. The van der Waals surface area contributed by atoms with Gasteiger partial charge in [-0.05, 0) is 32.4 Å². The number of likely N-dealkylation sites (N-methyl/N-ethyl adjacent to an activating group) is 1. The molecule has 2 heterocycles. The summed E-state index contributed by atoms with van der Waals surface area (Å²) >= 11 is 8.52. The quantitative estimate of drug-likeness (QED) is 0.588. The Bertz CT molecular complexity index is 471. The van der Waals surface area contributed by atoms with Crippen molar-refractivity contribution in [3.63, 3.8) is 0 Å². The van der Waals surface area contributed by atoms with Crippen LogP contribution in [0.3, 0.4) is 0 Å². The molecule has 104 valence electrons. The monoisotopic (exact) mass is 314 g/mol. The highest BCUT2D eigenvalue weighted by atomic mass is 32.2. The van der Waals surface area contributed by atoms with Crippen molar-refractivity contribution in [1.29, 1.82) is 0 Å². The van der Waals surface area contributed by atoms with E-state index >= 15 is 0 Å². The van der Waals surface area contributed by atoms with Crippen LogP contribution >= 0.6 is 35.7 Å². The SMILES string of the molecule is CCN1C(=O)/C(=C(C)\C=C2\SCCN2CC)SC1=S. The van der Waals surface area contributed by atoms with Gasteiger partial charge in [-0.3, -0.25) is 9.69 Å². The van der Waals surface area contributed by atoms with E-state index in [-0.39, 0.29) is 5.91 Å². The van der Waals surface area contributed by atoms with E-state index in [1.165, 1.54) is 16.8 Å². The zero-order valence-corrected chi connectivity index (χ0v) is 13.9. The third-order valence-electron chi connectivity index (χ3n) is 3.17. The van der Waals surface area contributed by atoms with Crippen molar-refractivity contribution in [3.05, 3.63) is 21.6 Å². The summed E-state index contributed by atoms with van der Waals surface area (Å²) in [5, 5.41) is 1.27. The van der Waals surface area contributed by atoms with Crippen molar-refractivity contribution in [2.24, 2.45) is 0 Å². The molecule has 2 saturated heterocycles. The van der Waals surface area contributed by atoms with Crippen LogP contribution in [0, 0.1) is 0 Å². The van der Waals surface area contributed by atoms with Gasteiger partial charge in [0.25, 0.3) is 5.91 Å². The molecule has 0 aliphatic carbocycles. The van der Waals surface area contributed by atoms with Crippen molar-refractivity contribution in [3.8, 4) is 0 Å². The van der Waals surface area contributed by atoms with Gasteiger partial charge < -0.3 is 4.90 Å². The summed E-state index contributed by atoms with van der Waals surface area (Å²) in [4.78, 5) is 17.0. The van der Waals surface area contributed by atoms with Gasteiger partial charge >= 0.3 is 0 Å². The molecule has 2 aliphatic heterocycles. The number of allylic oxidation sites excluding steroid dienone is 2. The average molecular weight is 315 g/mol. The van der Waals surface area contributed by atoms with Crippen molar-refractivity contribution in [2.45, 2.75) is 20.8 Å². The number of nitrogens with zero attached hydrogens (tertiary/aromatic N) is 2. The van der Waals surface area contributed by atoms with Gasteiger partial charge in [-0.2, -0.15) is 0 Å². The van der Waals surface area contributed by atoms with Crippen LogP contribution in [0.15, 0.2) is 21.6 Å². The van der Waals surface area contributed by atoms with Crippen LogP contribution in [-0.4, -0.2) is 45.4 Å². The minimum absolute atomic E-state index is 0.0536. The Labute approximate surface area is 128 Å². The number of rotatable bonds is 3. The number of thiocarbonyl (C=S) groups is 1. The first-order valence-electron chi connectivity index (χ1n) is 6.42. The van der Waals surface area contributed by atoms with E-state index in [0.717, 1.165) is 29.3 Å². The zero-order valence-electron chi connectivity index (χ0n) is 11.4. The standard InChI is InChI=1S/C13H18N2OS3/c1-4-14-6-7-18-10(14)8-9(3)11-12(16)15(5-2)13(17)19-11/h8H,4-7H2,1-3H3/b10-8+,11-9+. The topological polar surface area (TPSA) is 23.6 Å². The van der Waals surface area contributed by atoms with Crippen LogP contribution in [0.1, 0.15) is 20.8 Å². The summed E-state index contributed by atoms with van der Waals surface area (Å²) in [6.45, 7) is 8.87. The van der Waals surface area contributed by atoms with Crippen molar-refractivity contribution >= 4 is 46.0 Å². The van der Waals surface area contributed by atoms with E-state index in [1.54, 1.807) is 4.90 Å². The highest BCUT2D eigenvalue weighted by Crippen LogP contribution is 2.35. The Kier molecular flexibility index (Phi) is 4.97. The lowest BCUT2D eigenvalue weighted by Crippen LogP contribution is -2.27. The molecule has 0 atom stereocenters. The molecule has 2 rings (SSSR count). The Morgan fingerprint density at radius 1 is 1.42 bits per heavy atom. The number of hydrogen-bond acceptors (Lipinski definition) is 5.